The number of hydrogen-bond acceptors (Lipinski definition) is 2. The molecule has 0 bridgehead atoms. The Balaban J connectivity index is 1.87. The summed E-state index contributed by atoms with van der Waals surface area (Å²) in [6.07, 6.45) is 3.25. The van der Waals surface area contributed by atoms with Gasteiger partial charge in [-0.25, -0.2) is 0 Å². The molecule has 132 valence electrons. The molecule has 1 saturated heterocycles. The van der Waals surface area contributed by atoms with Crippen molar-refractivity contribution >= 4 is 11.8 Å². The fourth-order valence-electron chi connectivity index (χ4n) is 3.34. The fraction of sp³-hybridized carbons (Fsp3) is 0.600. The molecule has 0 aliphatic carbocycles. The van der Waals surface area contributed by atoms with E-state index in [0.29, 0.717) is 19.6 Å². The molecule has 0 radical (unpaired) electrons. The van der Waals surface area contributed by atoms with Crippen LogP contribution in [0.25, 0.3) is 0 Å². The third-order valence-electron chi connectivity index (χ3n) is 5.36. The maximum absolute atomic E-state index is 12.6. The van der Waals surface area contributed by atoms with E-state index in [1.807, 2.05) is 42.2 Å². The number of nitrogens with zero attached hydrogens (tertiary/aromatic N) is 1. The molecule has 4 heteroatoms. The second-order valence-electron chi connectivity index (χ2n) is 7.07. The Morgan fingerprint density at radius 3 is 2.25 bits per heavy atom. The molecule has 1 heterocycles. The number of amides is 2. The van der Waals surface area contributed by atoms with Crippen molar-refractivity contribution in [3.63, 3.8) is 0 Å². The molecule has 0 aromatic heterocycles. The lowest BCUT2D eigenvalue weighted by Crippen LogP contribution is -2.49. The average molecular weight is 330 g/mol. The summed E-state index contributed by atoms with van der Waals surface area (Å²) in [5.41, 5.74) is 0.732. The van der Waals surface area contributed by atoms with Gasteiger partial charge < -0.3 is 10.2 Å². The zero-order chi connectivity index (χ0) is 17.6. The van der Waals surface area contributed by atoms with E-state index in [4.69, 9.17) is 0 Å². The lowest BCUT2D eigenvalue weighted by Gasteiger charge is -2.39. The normalized spacial score (nSPS) is 16.9. The van der Waals surface area contributed by atoms with Gasteiger partial charge in [0, 0.05) is 31.0 Å². The number of carbonyl (C=O) groups is 2. The second kappa shape index (κ2) is 8.32. The van der Waals surface area contributed by atoms with Gasteiger partial charge in [0.15, 0.2) is 0 Å². The van der Waals surface area contributed by atoms with Crippen LogP contribution in [0, 0.1) is 11.3 Å². The summed E-state index contributed by atoms with van der Waals surface area (Å²) in [7, 11) is 0. The number of piperidine rings is 1. The first kappa shape index (κ1) is 18.5. The average Bonchev–Trinajstić information content (AvgIpc) is 2.62. The Labute approximate surface area is 145 Å². The van der Waals surface area contributed by atoms with E-state index in [-0.39, 0.29) is 23.1 Å². The minimum absolute atomic E-state index is 0.0981. The molecular weight excluding hydrogens is 300 g/mol. The summed E-state index contributed by atoms with van der Waals surface area (Å²) in [4.78, 5) is 27.0. The van der Waals surface area contributed by atoms with Crippen LogP contribution in [0.15, 0.2) is 30.3 Å². The van der Waals surface area contributed by atoms with Gasteiger partial charge in [0.05, 0.1) is 0 Å². The molecular formula is C20H30N2O2. The second-order valence-corrected chi connectivity index (χ2v) is 7.07. The molecule has 1 fully saturated rings. The molecule has 0 saturated carbocycles. The zero-order valence-electron chi connectivity index (χ0n) is 15.2. The Morgan fingerprint density at radius 1 is 1.12 bits per heavy atom. The quantitative estimate of drug-likeness (QED) is 0.869. The summed E-state index contributed by atoms with van der Waals surface area (Å²) in [5, 5.41) is 3.06. The molecule has 24 heavy (non-hydrogen) atoms. The third kappa shape index (κ3) is 4.37. The Hall–Kier alpha value is -1.84. The van der Waals surface area contributed by atoms with Crippen molar-refractivity contribution in [1.82, 2.24) is 10.2 Å². The van der Waals surface area contributed by atoms with E-state index in [2.05, 4.69) is 19.2 Å². The summed E-state index contributed by atoms with van der Waals surface area (Å²) >= 11 is 0. The Bertz CT molecular complexity index is 544. The Morgan fingerprint density at radius 2 is 1.71 bits per heavy atom. The SMILES string of the molecule is CCC(CC)C(=O)N1CCC(C)(C(=O)NCc2ccccc2)CC1. The summed E-state index contributed by atoms with van der Waals surface area (Å²) in [5.74, 6) is 0.481. The van der Waals surface area contributed by atoms with Gasteiger partial charge in [-0.3, -0.25) is 9.59 Å². The first-order valence-electron chi connectivity index (χ1n) is 9.11. The highest BCUT2D eigenvalue weighted by molar-refractivity contribution is 5.83. The van der Waals surface area contributed by atoms with Gasteiger partial charge >= 0.3 is 0 Å². The van der Waals surface area contributed by atoms with Crippen LogP contribution in [0.1, 0.15) is 52.0 Å². The van der Waals surface area contributed by atoms with Crippen LogP contribution < -0.4 is 5.32 Å². The topological polar surface area (TPSA) is 49.4 Å². The maximum atomic E-state index is 12.6. The van der Waals surface area contributed by atoms with Crippen molar-refractivity contribution in [1.29, 1.82) is 0 Å². The Kier molecular flexibility index (Phi) is 6.41. The third-order valence-corrected chi connectivity index (χ3v) is 5.36. The highest BCUT2D eigenvalue weighted by Gasteiger charge is 2.38. The van der Waals surface area contributed by atoms with E-state index in [1.165, 1.54) is 0 Å². The smallest absolute Gasteiger partial charge is 0.226 e. The molecule has 1 aromatic rings. The van der Waals surface area contributed by atoms with E-state index >= 15 is 0 Å². The maximum Gasteiger partial charge on any atom is 0.226 e. The number of benzene rings is 1. The van der Waals surface area contributed by atoms with Gasteiger partial charge in [-0.05, 0) is 31.2 Å². The van der Waals surface area contributed by atoms with Crippen molar-refractivity contribution in [2.75, 3.05) is 13.1 Å². The van der Waals surface area contributed by atoms with Gasteiger partial charge in [-0.1, -0.05) is 51.1 Å². The first-order chi connectivity index (χ1) is 11.5. The van der Waals surface area contributed by atoms with Crippen LogP contribution in [-0.4, -0.2) is 29.8 Å². The monoisotopic (exact) mass is 330 g/mol. The predicted octanol–water partition coefficient (Wildman–Crippen LogP) is 3.37. The number of hydrogen-bond donors (Lipinski definition) is 1. The molecule has 1 aliphatic rings. The number of carbonyl (C=O) groups excluding carboxylic acids is 2. The minimum Gasteiger partial charge on any atom is -0.352 e. The minimum atomic E-state index is -0.376. The van der Waals surface area contributed by atoms with Crippen molar-refractivity contribution in [2.45, 2.75) is 53.0 Å². The lowest BCUT2D eigenvalue weighted by molar-refractivity contribution is -0.142. The van der Waals surface area contributed by atoms with E-state index < -0.39 is 0 Å². The van der Waals surface area contributed by atoms with Gasteiger partial charge in [-0.2, -0.15) is 0 Å². The van der Waals surface area contributed by atoms with Crippen molar-refractivity contribution in [3.8, 4) is 0 Å². The van der Waals surface area contributed by atoms with Crippen LogP contribution in [0.5, 0.6) is 0 Å². The van der Waals surface area contributed by atoms with Gasteiger partial charge in [0.1, 0.15) is 0 Å². The summed E-state index contributed by atoms with van der Waals surface area (Å²) in [6, 6.07) is 9.95. The van der Waals surface area contributed by atoms with Crippen molar-refractivity contribution in [3.05, 3.63) is 35.9 Å². The molecule has 1 aromatic carbocycles. The van der Waals surface area contributed by atoms with Gasteiger partial charge in [0.25, 0.3) is 0 Å². The van der Waals surface area contributed by atoms with Crippen molar-refractivity contribution < 1.29 is 9.59 Å². The standard InChI is InChI=1S/C20H30N2O2/c1-4-17(5-2)18(23)22-13-11-20(3,12-14-22)19(24)21-15-16-9-7-6-8-10-16/h6-10,17H,4-5,11-15H2,1-3H3,(H,21,24). The van der Waals surface area contributed by atoms with Crippen LogP contribution in [-0.2, 0) is 16.1 Å². The summed E-state index contributed by atoms with van der Waals surface area (Å²) in [6.45, 7) is 8.08. The molecule has 2 rings (SSSR count). The molecule has 2 amide bonds. The molecule has 1 N–H and O–H groups in total. The highest BCUT2D eigenvalue weighted by atomic mass is 16.2. The fourth-order valence-corrected chi connectivity index (χ4v) is 3.34. The van der Waals surface area contributed by atoms with Gasteiger partial charge in [-0.15, -0.1) is 0 Å². The largest absolute Gasteiger partial charge is 0.352 e. The number of nitrogens with one attached hydrogen (secondary N) is 1. The lowest BCUT2D eigenvalue weighted by atomic mass is 9.79. The highest BCUT2D eigenvalue weighted by Crippen LogP contribution is 2.32. The van der Waals surface area contributed by atoms with Crippen LogP contribution in [0.4, 0.5) is 0 Å². The number of rotatable bonds is 6. The molecule has 0 spiro atoms. The van der Waals surface area contributed by atoms with Crippen LogP contribution >= 0.6 is 0 Å². The number of likely N-dealkylation sites (tertiary alicyclic amines) is 1. The van der Waals surface area contributed by atoms with E-state index in [1.54, 1.807) is 0 Å². The molecule has 4 nitrogen and oxygen atoms in total. The van der Waals surface area contributed by atoms with Crippen molar-refractivity contribution in [2.24, 2.45) is 11.3 Å². The summed E-state index contributed by atoms with van der Waals surface area (Å²) < 4.78 is 0. The molecule has 0 unspecified atom stereocenters. The predicted molar refractivity (Wildman–Crippen MR) is 96.3 cm³/mol. The zero-order valence-corrected chi connectivity index (χ0v) is 15.2. The van der Waals surface area contributed by atoms with E-state index in [0.717, 1.165) is 31.2 Å². The first-order valence-corrected chi connectivity index (χ1v) is 9.11. The van der Waals surface area contributed by atoms with E-state index in [9.17, 15) is 9.59 Å². The van der Waals surface area contributed by atoms with Crippen LogP contribution in [0.2, 0.25) is 0 Å². The van der Waals surface area contributed by atoms with Gasteiger partial charge in [0.2, 0.25) is 11.8 Å². The van der Waals surface area contributed by atoms with Crippen LogP contribution in [0.3, 0.4) is 0 Å². The molecule has 1 aliphatic heterocycles. The molecule has 0 atom stereocenters.